The number of unbranched alkanes of at least 4 members (excludes halogenated alkanes) is 17. The van der Waals surface area contributed by atoms with E-state index in [-0.39, 0.29) is 48.0 Å². The minimum absolute atomic E-state index is 0. The smallest absolute Gasteiger partial charge is 0.0603 e. The summed E-state index contributed by atoms with van der Waals surface area (Å²) in [4.78, 5) is 9.48. The van der Waals surface area contributed by atoms with Gasteiger partial charge in [-0.3, -0.25) is 9.98 Å². The Labute approximate surface area is 293 Å². The lowest BCUT2D eigenvalue weighted by Crippen LogP contribution is -2.06. The maximum absolute atomic E-state index is 4.74. The molecule has 0 amide bonds. The number of aryl methyl sites for hydroxylation is 2. The van der Waals surface area contributed by atoms with Crippen LogP contribution in [0.2, 0.25) is 0 Å². The van der Waals surface area contributed by atoms with Crippen molar-refractivity contribution in [1.29, 1.82) is 0 Å². The summed E-state index contributed by atoms with van der Waals surface area (Å²) in [6.45, 7) is 8.74. The lowest BCUT2D eigenvalue weighted by atomic mass is 10.1. The predicted molar refractivity (Wildman–Crippen MR) is 204 cm³/mol. The highest BCUT2D eigenvalue weighted by atomic mass is 127. The summed E-state index contributed by atoms with van der Waals surface area (Å²) in [7, 11) is 0. The van der Waals surface area contributed by atoms with Crippen LogP contribution in [0.3, 0.4) is 0 Å². The lowest BCUT2D eigenvalue weighted by molar-refractivity contribution is 0.524. The molecule has 0 N–H and O–H groups in total. The van der Waals surface area contributed by atoms with Crippen LogP contribution < -0.4 is 10.7 Å². The molecule has 0 bridgehead atoms. The van der Waals surface area contributed by atoms with Gasteiger partial charge in [-0.1, -0.05) is 117 Å². The van der Waals surface area contributed by atoms with E-state index in [2.05, 4.69) is 72.0 Å². The molecule has 42 heavy (non-hydrogen) atoms. The first kappa shape index (κ1) is 41.4. The van der Waals surface area contributed by atoms with E-state index >= 15 is 0 Å². The summed E-state index contributed by atoms with van der Waals surface area (Å²) >= 11 is 0. The molecule has 2 rings (SSSR count). The van der Waals surface area contributed by atoms with Gasteiger partial charge in [0.15, 0.2) is 0 Å². The summed E-state index contributed by atoms with van der Waals surface area (Å²) in [6.07, 6.45) is 35.5. The Balaban J connectivity index is 0.00000840. The van der Waals surface area contributed by atoms with Crippen LogP contribution in [0.5, 0.6) is 0 Å². The second kappa shape index (κ2) is 30.4. The van der Waals surface area contributed by atoms with Crippen LogP contribution in [-0.2, 0) is 13.1 Å². The van der Waals surface area contributed by atoms with Crippen LogP contribution in [0.15, 0.2) is 59.0 Å². The molecule has 2 aromatic heterocycles. The Kier molecular flexibility index (Phi) is 29.9. The van der Waals surface area contributed by atoms with E-state index in [1.54, 1.807) is 0 Å². The maximum Gasteiger partial charge on any atom is 0.0603 e. The molecule has 6 heteroatoms. The van der Waals surface area contributed by atoms with Crippen LogP contribution in [0, 0.1) is 0 Å². The molecular formula is C36H64I2N4. The average molecular weight is 807 g/mol. The average Bonchev–Trinajstić information content (AvgIpc) is 2.98. The fraction of sp³-hybridized carbons (Fsp3) is 0.722. The van der Waals surface area contributed by atoms with Crippen molar-refractivity contribution in [3.63, 3.8) is 0 Å². The van der Waals surface area contributed by atoms with Crippen molar-refractivity contribution in [1.82, 2.24) is 9.13 Å². The van der Waals surface area contributed by atoms with E-state index in [0.717, 1.165) is 36.9 Å². The molecule has 0 aromatic carbocycles. The largest absolute Gasteiger partial charge is 0.354 e. The number of hydrogen-bond donors (Lipinski definition) is 0. The van der Waals surface area contributed by atoms with Gasteiger partial charge in [0, 0.05) is 51.0 Å². The van der Waals surface area contributed by atoms with Gasteiger partial charge in [0.1, 0.15) is 0 Å². The third kappa shape index (κ3) is 22.8. The molecule has 0 aliphatic rings. The second-order valence-corrected chi connectivity index (χ2v) is 11.7. The van der Waals surface area contributed by atoms with Crippen LogP contribution >= 0.6 is 48.0 Å². The molecule has 0 saturated heterocycles. The fourth-order valence-electron chi connectivity index (χ4n) is 5.26. The monoisotopic (exact) mass is 806 g/mol. The van der Waals surface area contributed by atoms with E-state index in [9.17, 15) is 0 Å². The zero-order valence-corrected chi connectivity index (χ0v) is 31.9. The topological polar surface area (TPSA) is 34.6 Å². The molecule has 2 heterocycles. The first-order valence-corrected chi connectivity index (χ1v) is 17.1. The molecule has 0 saturated carbocycles. The number of hydrogen-bond acceptors (Lipinski definition) is 2. The Morgan fingerprint density at radius 3 is 1.02 bits per heavy atom. The van der Waals surface area contributed by atoms with Crippen LogP contribution in [0.25, 0.3) is 0 Å². The normalized spacial score (nSPS) is 10.6. The highest BCUT2D eigenvalue weighted by Crippen LogP contribution is 2.10. The van der Waals surface area contributed by atoms with Gasteiger partial charge < -0.3 is 9.13 Å². The molecule has 4 nitrogen and oxygen atoms in total. The molecule has 0 spiro atoms. The standard InChI is InChI=1S/C36H62N4.2HI/c1-3-5-7-9-15-19-27-37-35-23-31-39(32-24-35)29-21-17-13-11-12-14-18-22-30-40-33-25-36(26-34-40)38-28-20-16-10-8-6-4-2;;/h23-26,31-34H,3-22,27-30H2,1-2H3;2*1H. The van der Waals surface area contributed by atoms with Gasteiger partial charge in [-0.05, 0) is 49.9 Å². The lowest BCUT2D eigenvalue weighted by Gasteiger charge is -2.07. The number of pyridine rings is 2. The molecule has 0 unspecified atom stereocenters. The fourth-order valence-corrected chi connectivity index (χ4v) is 5.26. The number of rotatable bonds is 25. The highest BCUT2D eigenvalue weighted by molar-refractivity contribution is 14.0. The Bertz CT molecular complexity index is 862. The third-order valence-corrected chi connectivity index (χ3v) is 7.94. The Morgan fingerprint density at radius 2 is 0.690 bits per heavy atom. The van der Waals surface area contributed by atoms with Gasteiger partial charge in [0.05, 0.1) is 10.7 Å². The quantitative estimate of drug-likeness (QED) is 0.0708. The van der Waals surface area contributed by atoms with E-state index in [1.807, 2.05) is 0 Å². The molecule has 0 aliphatic heterocycles. The summed E-state index contributed by atoms with van der Waals surface area (Å²) < 4.78 is 4.63. The van der Waals surface area contributed by atoms with Crippen molar-refractivity contribution >= 4 is 48.0 Å². The SMILES string of the molecule is CCCCCCCCN=c1ccn(CCCCCCCCCCn2ccc(=NCCCCCCCC)cc2)cc1.I.I. The summed E-state index contributed by atoms with van der Waals surface area (Å²) in [5.41, 5.74) is 0. The van der Waals surface area contributed by atoms with Crippen molar-refractivity contribution in [2.24, 2.45) is 9.98 Å². The van der Waals surface area contributed by atoms with E-state index in [1.165, 1.54) is 128 Å². The van der Waals surface area contributed by atoms with Crippen molar-refractivity contribution in [2.45, 2.75) is 155 Å². The summed E-state index contributed by atoms with van der Waals surface area (Å²) in [5.74, 6) is 0. The summed E-state index contributed by atoms with van der Waals surface area (Å²) in [5, 5.41) is 2.27. The highest BCUT2D eigenvalue weighted by Gasteiger charge is 1.96. The number of halogens is 2. The van der Waals surface area contributed by atoms with Gasteiger partial charge in [-0.15, -0.1) is 48.0 Å². The van der Waals surface area contributed by atoms with Crippen LogP contribution in [0.4, 0.5) is 0 Å². The third-order valence-electron chi connectivity index (χ3n) is 7.94. The minimum Gasteiger partial charge on any atom is -0.354 e. The van der Waals surface area contributed by atoms with Gasteiger partial charge in [-0.2, -0.15) is 0 Å². The molecule has 0 fully saturated rings. The van der Waals surface area contributed by atoms with Gasteiger partial charge >= 0.3 is 0 Å². The predicted octanol–water partition coefficient (Wildman–Crippen LogP) is 10.9. The maximum atomic E-state index is 4.74. The van der Waals surface area contributed by atoms with Crippen molar-refractivity contribution in [3.05, 3.63) is 59.8 Å². The van der Waals surface area contributed by atoms with Gasteiger partial charge in [0.25, 0.3) is 0 Å². The minimum atomic E-state index is 0. The summed E-state index contributed by atoms with van der Waals surface area (Å²) in [6, 6.07) is 8.71. The number of aromatic nitrogens is 2. The van der Waals surface area contributed by atoms with E-state index < -0.39 is 0 Å². The van der Waals surface area contributed by atoms with Gasteiger partial charge in [0.2, 0.25) is 0 Å². The molecule has 242 valence electrons. The zero-order valence-electron chi connectivity index (χ0n) is 27.2. The molecule has 0 aliphatic carbocycles. The molecule has 0 radical (unpaired) electrons. The molecule has 0 atom stereocenters. The van der Waals surface area contributed by atoms with Crippen molar-refractivity contribution < 1.29 is 0 Å². The second-order valence-electron chi connectivity index (χ2n) is 11.7. The van der Waals surface area contributed by atoms with Crippen molar-refractivity contribution in [3.8, 4) is 0 Å². The van der Waals surface area contributed by atoms with Crippen molar-refractivity contribution in [2.75, 3.05) is 13.1 Å². The molecular weight excluding hydrogens is 742 g/mol. The van der Waals surface area contributed by atoms with Crippen LogP contribution in [-0.4, -0.2) is 22.2 Å². The van der Waals surface area contributed by atoms with E-state index in [4.69, 9.17) is 9.98 Å². The number of nitrogens with zero attached hydrogens (tertiary/aromatic N) is 4. The van der Waals surface area contributed by atoms with Gasteiger partial charge in [-0.25, -0.2) is 0 Å². The zero-order chi connectivity index (χ0) is 28.4. The first-order chi connectivity index (χ1) is 19.8. The van der Waals surface area contributed by atoms with Crippen LogP contribution in [0.1, 0.15) is 142 Å². The van der Waals surface area contributed by atoms with E-state index in [0.29, 0.717) is 0 Å². The first-order valence-electron chi connectivity index (χ1n) is 17.1. The Hall–Kier alpha value is -0.640. The molecule has 2 aromatic rings. The Morgan fingerprint density at radius 1 is 0.405 bits per heavy atom.